The highest BCUT2D eigenvalue weighted by atomic mass is 32.2. The number of fused-ring (bicyclic) bond motifs is 1. The van der Waals surface area contributed by atoms with E-state index >= 15 is 0 Å². The topological polar surface area (TPSA) is 89.9 Å². The summed E-state index contributed by atoms with van der Waals surface area (Å²) in [4.78, 5) is 12.3. The number of sulfonamides is 1. The molecule has 1 saturated heterocycles. The Hall–Kier alpha value is -3.04. The third-order valence-corrected chi connectivity index (χ3v) is 7.08. The van der Waals surface area contributed by atoms with Crippen molar-refractivity contribution in [3.05, 3.63) is 54.7 Å². The molecular weight excluding hydrogens is 418 g/mol. The SMILES string of the molecule is COCCn1ccc2c(OCC(=O)Nc3ccc(N4CCCS4(=O)=O)cc3)cccc21. The maximum atomic E-state index is 12.3. The number of methoxy groups -OCH3 is 1. The van der Waals surface area contributed by atoms with Crippen LogP contribution in [0.2, 0.25) is 0 Å². The Morgan fingerprint density at radius 1 is 1.13 bits per heavy atom. The second-order valence-electron chi connectivity index (χ2n) is 7.32. The van der Waals surface area contributed by atoms with Crippen LogP contribution in [0, 0.1) is 0 Å². The minimum Gasteiger partial charge on any atom is -0.483 e. The third kappa shape index (κ3) is 4.67. The number of aromatic nitrogens is 1. The summed E-state index contributed by atoms with van der Waals surface area (Å²) in [7, 11) is -1.55. The standard InChI is InChI=1S/C22H25N3O5S/c1-29-14-13-24-12-10-19-20(24)4-2-5-21(19)30-16-22(26)23-17-6-8-18(9-7-17)25-11-3-15-31(25,27)28/h2,4-10,12H,3,11,13-16H2,1H3,(H,23,26). The number of hydrogen-bond donors (Lipinski definition) is 1. The van der Waals surface area contributed by atoms with E-state index in [1.807, 2.05) is 30.5 Å². The molecule has 2 heterocycles. The molecular formula is C22H25N3O5S. The second kappa shape index (κ2) is 8.99. The molecule has 1 aliphatic heterocycles. The van der Waals surface area contributed by atoms with Gasteiger partial charge in [0.25, 0.3) is 5.91 Å². The number of amides is 1. The van der Waals surface area contributed by atoms with Gasteiger partial charge in [0.2, 0.25) is 10.0 Å². The minimum absolute atomic E-state index is 0.134. The molecule has 1 aromatic heterocycles. The number of hydrogen-bond acceptors (Lipinski definition) is 5. The molecule has 4 rings (SSSR count). The van der Waals surface area contributed by atoms with Crippen LogP contribution in [-0.2, 0) is 26.1 Å². The van der Waals surface area contributed by atoms with Crippen molar-refractivity contribution in [2.75, 3.05) is 42.2 Å². The van der Waals surface area contributed by atoms with Crippen LogP contribution in [0.25, 0.3) is 10.9 Å². The number of benzene rings is 2. The Bertz CT molecular complexity index is 1170. The molecule has 1 amide bonds. The van der Waals surface area contributed by atoms with Crippen molar-refractivity contribution in [2.24, 2.45) is 0 Å². The van der Waals surface area contributed by atoms with Crippen LogP contribution in [0.1, 0.15) is 6.42 Å². The number of rotatable bonds is 8. The highest BCUT2D eigenvalue weighted by Crippen LogP contribution is 2.27. The molecule has 0 spiro atoms. The van der Waals surface area contributed by atoms with E-state index in [2.05, 4.69) is 9.88 Å². The molecule has 1 fully saturated rings. The summed E-state index contributed by atoms with van der Waals surface area (Å²) in [5.74, 6) is 0.515. The van der Waals surface area contributed by atoms with Crippen molar-refractivity contribution < 1.29 is 22.7 Å². The number of carbonyl (C=O) groups is 1. The second-order valence-corrected chi connectivity index (χ2v) is 9.33. The summed E-state index contributed by atoms with van der Waals surface area (Å²) in [5, 5.41) is 3.71. The summed E-state index contributed by atoms with van der Waals surface area (Å²) < 4.78 is 38.4. The van der Waals surface area contributed by atoms with Crippen LogP contribution in [0.15, 0.2) is 54.7 Å². The predicted octanol–water partition coefficient (Wildman–Crippen LogP) is 2.85. The molecule has 0 bridgehead atoms. The van der Waals surface area contributed by atoms with Gasteiger partial charge < -0.3 is 19.4 Å². The zero-order valence-electron chi connectivity index (χ0n) is 17.3. The maximum absolute atomic E-state index is 12.3. The number of nitrogens with zero attached hydrogens (tertiary/aromatic N) is 2. The van der Waals surface area contributed by atoms with Crippen LogP contribution in [0.3, 0.4) is 0 Å². The van der Waals surface area contributed by atoms with Gasteiger partial charge in [-0.3, -0.25) is 9.10 Å². The van der Waals surface area contributed by atoms with Crippen molar-refractivity contribution in [1.29, 1.82) is 0 Å². The van der Waals surface area contributed by atoms with Crippen LogP contribution in [0.4, 0.5) is 11.4 Å². The van der Waals surface area contributed by atoms with Crippen molar-refractivity contribution in [1.82, 2.24) is 4.57 Å². The molecule has 31 heavy (non-hydrogen) atoms. The van der Waals surface area contributed by atoms with Gasteiger partial charge in [0, 0.05) is 37.5 Å². The van der Waals surface area contributed by atoms with Crippen LogP contribution in [0.5, 0.6) is 5.75 Å². The first kappa shape index (κ1) is 21.2. The van der Waals surface area contributed by atoms with Gasteiger partial charge in [-0.15, -0.1) is 0 Å². The fraction of sp³-hybridized carbons (Fsp3) is 0.318. The predicted molar refractivity (Wildman–Crippen MR) is 120 cm³/mol. The van der Waals surface area contributed by atoms with Gasteiger partial charge in [0.1, 0.15) is 5.75 Å². The number of nitrogens with one attached hydrogen (secondary N) is 1. The van der Waals surface area contributed by atoms with Crippen LogP contribution >= 0.6 is 0 Å². The largest absolute Gasteiger partial charge is 0.483 e. The molecule has 0 unspecified atom stereocenters. The zero-order valence-corrected chi connectivity index (χ0v) is 18.1. The van der Waals surface area contributed by atoms with E-state index in [0.717, 1.165) is 17.4 Å². The lowest BCUT2D eigenvalue weighted by molar-refractivity contribution is -0.118. The quantitative estimate of drug-likeness (QED) is 0.578. The van der Waals surface area contributed by atoms with Gasteiger partial charge in [-0.2, -0.15) is 0 Å². The monoisotopic (exact) mass is 443 g/mol. The van der Waals surface area contributed by atoms with Gasteiger partial charge in [-0.25, -0.2) is 8.42 Å². The molecule has 3 aromatic rings. The van der Waals surface area contributed by atoms with E-state index in [1.54, 1.807) is 31.4 Å². The molecule has 1 N–H and O–H groups in total. The molecule has 0 saturated carbocycles. The third-order valence-electron chi connectivity index (χ3n) is 5.21. The lowest BCUT2D eigenvalue weighted by Gasteiger charge is -2.17. The van der Waals surface area contributed by atoms with Gasteiger partial charge in [0.05, 0.1) is 23.6 Å². The minimum atomic E-state index is -3.22. The Kier molecular flexibility index (Phi) is 6.15. The van der Waals surface area contributed by atoms with E-state index in [0.29, 0.717) is 36.7 Å². The van der Waals surface area contributed by atoms with Crippen molar-refractivity contribution in [2.45, 2.75) is 13.0 Å². The number of carbonyl (C=O) groups excluding carboxylic acids is 1. The first-order chi connectivity index (χ1) is 15.0. The highest BCUT2D eigenvalue weighted by Gasteiger charge is 2.28. The number of anilines is 2. The van der Waals surface area contributed by atoms with Crippen molar-refractivity contribution >= 4 is 38.2 Å². The van der Waals surface area contributed by atoms with E-state index in [-0.39, 0.29) is 18.3 Å². The number of ether oxygens (including phenoxy) is 2. The van der Waals surface area contributed by atoms with Gasteiger partial charge in [-0.1, -0.05) is 6.07 Å². The average Bonchev–Trinajstić information content (AvgIpc) is 3.34. The average molecular weight is 444 g/mol. The molecule has 1 aliphatic rings. The molecule has 0 atom stereocenters. The van der Waals surface area contributed by atoms with Crippen LogP contribution in [-0.4, -0.2) is 51.5 Å². The van der Waals surface area contributed by atoms with Crippen molar-refractivity contribution in [3.63, 3.8) is 0 Å². The molecule has 0 aliphatic carbocycles. The molecule has 8 nitrogen and oxygen atoms in total. The molecule has 0 radical (unpaired) electrons. The van der Waals surface area contributed by atoms with E-state index in [1.165, 1.54) is 4.31 Å². The molecule has 2 aromatic carbocycles. The molecule has 164 valence electrons. The van der Waals surface area contributed by atoms with E-state index < -0.39 is 10.0 Å². The van der Waals surface area contributed by atoms with E-state index in [4.69, 9.17) is 9.47 Å². The fourth-order valence-corrected chi connectivity index (χ4v) is 5.25. The zero-order chi connectivity index (χ0) is 21.8. The summed E-state index contributed by atoms with van der Waals surface area (Å²) in [6.07, 6.45) is 2.60. The smallest absolute Gasteiger partial charge is 0.262 e. The Morgan fingerprint density at radius 2 is 1.94 bits per heavy atom. The van der Waals surface area contributed by atoms with Crippen LogP contribution < -0.4 is 14.4 Å². The summed E-state index contributed by atoms with van der Waals surface area (Å²) in [6, 6.07) is 14.5. The first-order valence-electron chi connectivity index (χ1n) is 10.1. The normalized spacial score (nSPS) is 15.3. The van der Waals surface area contributed by atoms with Gasteiger partial charge in [-0.05, 0) is 48.9 Å². The highest BCUT2D eigenvalue weighted by molar-refractivity contribution is 7.93. The Morgan fingerprint density at radius 3 is 2.65 bits per heavy atom. The van der Waals surface area contributed by atoms with Gasteiger partial charge in [0.15, 0.2) is 6.61 Å². The van der Waals surface area contributed by atoms with E-state index in [9.17, 15) is 13.2 Å². The first-order valence-corrected chi connectivity index (χ1v) is 11.7. The van der Waals surface area contributed by atoms with Crippen molar-refractivity contribution in [3.8, 4) is 5.75 Å². The van der Waals surface area contributed by atoms with Gasteiger partial charge >= 0.3 is 0 Å². The Balaban J connectivity index is 1.37. The Labute approximate surface area is 181 Å². The molecule has 9 heteroatoms. The maximum Gasteiger partial charge on any atom is 0.262 e. The summed E-state index contributed by atoms with van der Waals surface area (Å²) >= 11 is 0. The lowest BCUT2D eigenvalue weighted by Crippen LogP contribution is -2.25. The summed E-state index contributed by atoms with van der Waals surface area (Å²) in [5.41, 5.74) is 2.21. The summed E-state index contributed by atoms with van der Waals surface area (Å²) in [6.45, 7) is 1.70. The fourth-order valence-electron chi connectivity index (χ4n) is 3.69. The lowest BCUT2D eigenvalue weighted by atomic mass is 10.2.